The maximum atomic E-state index is 4.31. The van der Waals surface area contributed by atoms with Gasteiger partial charge in [0.15, 0.2) is 0 Å². The molecule has 0 bridgehead atoms. The highest BCUT2D eigenvalue weighted by Gasteiger charge is 1.96. The van der Waals surface area contributed by atoms with Crippen molar-refractivity contribution in [1.82, 2.24) is 4.98 Å². The minimum Gasteiger partial charge on any atom is -0.261 e. The molecule has 1 nitrogen and oxygen atoms in total. The second-order valence-electron chi connectivity index (χ2n) is 3.45. The number of nitrogens with zero attached hydrogens (tertiary/aromatic N) is 1. The SMILES string of the molecule is Ic1ccc(CCc2ccccn2)cc1. The van der Waals surface area contributed by atoms with Gasteiger partial charge in [-0.15, -0.1) is 0 Å². The summed E-state index contributed by atoms with van der Waals surface area (Å²) >= 11 is 2.32. The van der Waals surface area contributed by atoms with Crippen molar-refractivity contribution >= 4 is 22.6 Å². The van der Waals surface area contributed by atoms with Gasteiger partial charge in [0, 0.05) is 15.5 Å². The molecule has 2 aromatic rings. The van der Waals surface area contributed by atoms with Crippen molar-refractivity contribution in [2.45, 2.75) is 12.8 Å². The summed E-state index contributed by atoms with van der Waals surface area (Å²) in [5.41, 5.74) is 2.54. The molecule has 1 aromatic heterocycles. The maximum Gasteiger partial charge on any atom is 0.0406 e. The monoisotopic (exact) mass is 309 g/mol. The Morgan fingerprint density at radius 2 is 1.73 bits per heavy atom. The Balaban J connectivity index is 1.96. The van der Waals surface area contributed by atoms with E-state index in [1.54, 1.807) is 0 Å². The lowest BCUT2D eigenvalue weighted by Gasteiger charge is -2.01. The standard InChI is InChI=1S/C13H12IN/c14-12-7-4-11(5-8-12)6-9-13-3-1-2-10-15-13/h1-5,7-8,10H,6,9H2. The van der Waals surface area contributed by atoms with Gasteiger partial charge in [0.1, 0.15) is 0 Å². The summed E-state index contributed by atoms with van der Waals surface area (Å²) in [6.07, 6.45) is 3.93. The van der Waals surface area contributed by atoms with Crippen LogP contribution in [0, 0.1) is 3.57 Å². The van der Waals surface area contributed by atoms with Crippen LogP contribution in [0.15, 0.2) is 48.7 Å². The zero-order valence-corrected chi connectivity index (χ0v) is 10.5. The fourth-order valence-electron chi connectivity index (χ4n) is 1.47. The van der Waals surface area contributed by atoms with Crippen molar-refractivity contribution < 1.29 is 0 Å². The summed E-state index contributed by atoms with van der Waals surface area (Å²) in [7, 11) is 0. The number of aromatic nitrogens is 1. The highest BCUT2D eigenvalue weighted by molar-refractivity contribution is 14.1. The quantitative estimate of drug-likeness (QED) is 0.791. The van der Waals surface area contributed by atoms with E-state index in [4.69, 9.17) is 0 Å². The molecule has 2 rings (SSSR count). The number of rotatable bonds is 3. The lowest BCUT2D eigenvalue weighted by molar-refractivity contribution is 0.913. The molecule has 0 saturated carbocycles. The first kappa shape index (κ1) is 10.6. The van der Waals surface area contributed by atoms with Crippen LogP contribution in [0.5, 0.6) is 0 Å². The zero-order chi connectivity index (χ0) is 10.5. The summed E-state index contributed by atoms with van der Waals surface area (Å²) in [6.45, 7) is 0. The predicted octanol–water partition coefficient (Wildman–Crippen LogP) is 3.47. The van der Waals surface area contributed by atoms with Crippen LogP contribution in [0.25, 0.3) is 0 Å². The highest BCUT2D eigenvalue weighted by Crippen LogP contribution is 2.09. The van der Waals surface area contributed by atoms with Gasteiger partial charge < -0.3 is 0 Å². The molecule has 0 aliphatic carbocycles. The molecule has 0 aliphatic heterocycles. The Hall–Kier alpha value is -0.900. The molecule has 2 heteroatoms. The number of aryl methyl sites for hydroxylation is 2. The molecule has 0 unspecified atom stereocenters. The van der Waals surface area contributed by atoms with Crippen LogP contribution in [0.2, 0.25) is 0 Å². The lowest BCUT2D eigenvalue weighted by Crippen LogP contribution is -1.93. The Morgan fingerprint density at radius 1 is 0.933 bits per heavy atom. The smallest absolute Gasteiger partial charge is 0.0406 e. The van der Waals surface area contributed by atoms with Gasteiger partial charge in [0.2, 0.25) is 0 Å². The molecular weight excluding hydrogens is 297 g/mol. The van der Waals surface area contributed by atoms with Crippen LogP contribution in [-0.4, -0.2) is 4.98 Å². The Labute approximate surface area is 104 Å². The van der Waals surface area contributed by atoms with E-state index >= 15 is 0 Å². The van der Waals surface area contributed by atoms with Crippen molar-refractivity contribution in [2.75, 3.05) is 0 Å². The number of pyridine rings is 1. The van der Waals surface area contributed by atoms with Gasteiger partial charge in [-0.05, 0) is 65.3 Å². The van der Waals surface area contributed by atoms with Gasteiger partial charge in [-0.1, -0.05) is 18.2 Å². The van der Waals surface area contributed by atoms with E-state index in [-0.39, 0.29) is 0 Å². The normalized spacial score (nSPS) is 10.2. The minimum atomic E-state index is 1.02. The largest absolute Gasteiger partial charge is 0.261 e. The molecule has 0 spiro atoms. The van der Waals surface area contributed by atoms with Gasteiger partial charge in [0.05, 0.1) is 0 Å². The highest BCUT2D eigenvalue weighted by atomic mass is 127. The zero-order valence-electron chi connectivity index (χ0n) is 8.36. The second-order valence-corrected chi connectivity index (χ2v) is 4.69. The van der Waals surface area contributed by atoms with Gasteiger partial charge in [-0.2, -0.15) is 0 Å². The van der Waals surface area contributed by atoms with Crippen LogP contribution in [-0.2, 0) is 12.8 Å². The van der Waals surface area contributed by atoms with E-state index in [1.165, 1.54) is 9.13 Å². The average Bonchev–Trinajstić information content (AvgIpc) is 2.30. The van der Waals surface area contributed by atoms with Gasteiger partial charge in [-0.25, -0.2) is 0 Å². The average molecular weight is 309 g/mol. The molecule has 0 N–H and O–H groups in total. The number of hydrogen-bond acceptors (Lipinski definition) is 1. The summed E-state index contributed by atoms with van der Waals surface area (Å²) in [5.74, 6) is 0. The molecule has 0 amide bonds. The first-order chi connectivity index (χ1) is 7.34. The third kappa shape index (κ3) is 3.30. The van der Waals surface area contributed by atoms with E-state index in [9.17, 15) is 0 Å². The molecule has 15 heavy (non-hydrogen) atoms. The molecule has 0 saturated heterocycles. The fraction of sp³-hybridized carbons (Fsp3) is 0.154. The van der Waals surface area contributed by atoms with E-state index < -0.39 is 0 Å². The van der Waals surface area contributed by atoms with Crippen LogP contribution in [0.4, 0.5) is 0 Å². The number of benzene rings is 1. The molecule has 0 fully saturated rings. The van der Waals surface area contributed by atoms with E-state index in [0.717, 1.165) is 18.5 Å². The van der Waals surface area contributed by atoms with Crippen LogP contribution in [0.3, 0.4) is 0 Å². The molecule has 0 aliphatic rings. The number of halogens is 1. The Bertz CT molecular complexity index is 408. The summed E-state index contributed by atoms with van der Waals surface area (Å²) in [5, 5.41) is 0. The third-order valence-corrected chi connectivity index (χ3v) is 3.03. The molecular formula is C13H12IN. The minimum absolute atomic E-state index is 1.02. The molecule has 0 radical (unpaired) electrons. The summed E-state index contributed by atoms with van der Waals surface area (Å²) < 4.78 is 1.29. The first-order valence-corrected chi connectivity index (χ1v) is 6.07. The second kappa shape index (κ2) is 5.26. The van der Waals surface area contributed by atoms with Gasteiger partial charge in [-0.3, -0.25) is 4.98 Å². The molecule has 76 valence electrons. The van der Waals surface area contributed by atoms with E-state index in [0.29, 0.717) is 0 Å². The van der Waals surface area contributed by atoms with Crippen molar-refractivity contribution in [1.29, 1.82) is 0 Å². The number of hydrogen-bond donors (Lipinski definition) is 0. The maximum absolute atomic E-state index is 4.31. The van der Waals surface area contributed by atoms with E-state index in [2.05, 4.69) is 57.9 Å². The van der Waals surface area contributed by atoms with Gasteiger partial charge >= 0.3 is 0 Å². The predicted molar refractivity (Wildman–Crippen MR) is 70.8 cm³/mol. The fourth-order valence-corrected chi connectivity index (χ4v) is 1.83. The van der Waals surface area contributed by atoms with Crippen molar-refractivity contribution in [3.05, 3.63) is 63.5 Å². The van der Waals surface area contributed by atoms with E-state index in [1.807, 2.05) is 18.3 Å². The van der Waals surface area contributed by atoms with Crippen molar-refractivity contribution in [2.24, 2.45) is 0 Å². The molecule has 1 heterocycles. The van der Waals surface area contributed by atoms with Crippen LogP contribution in [0.1, 0.15) is 11.3 Å². The topological polar surface area (TPSA) is 12.9 Å². The summed E-state index contributed by atoms with van der Waals surface area (Å²) in [4.78, 5) is 4.31. The van der Waals surface area contributed by atoms with Gasteiger partial charge in [0.25, 0.3) is 0 Å². The molecule has 1 aromatic carbocycles. The van der Waals surface area contributed by atoms with Crippen molar-refractivity contribution in [3.8, 4) is 0 Å². The lowest BCUT2D eigenvalue weighted by atomic mass is 10.1. The Morgan fingerprint density at radius 3 is 2.40 bits per heavy atom. The first-order valence-electron chi connectivity index (χ1n) is 4.99. The van der Waals surface area contributed by atoms with Crippen molar-refractivity contribution in [3.63, 3.8) is 0 Å². The molecule has 0 atom stereocenters. The third-order valence-electron chi connectivity index (χ3n) is 2.31. The summed E-state index contributed by atoms with van der Waals surface area (Å²) in [6, 6.07) is 14.7. The Kier molecular flexibility index (Phi) is 3.72. The van der Waals surface area contributed by atoms with Crippen LogP contribution < -0.4 is 0 Å². The van der Waals surface area contributed by atoms with Crippen LogP contribution >= 0.6 is 22.6 Å².